The average Bonchev–Trinajstić information content (AvgIpc) is 2.72. The number of aliphatic imine (C=N–C) groups is 1. The Kier molecular flexibility index (Phi) is 6.53. The molecule has 1 amide bonds. The maximum atomic E-state index is 12.4. The van der Waals surface area contributed by atoms with Crippen LogP contribution < -0.4 is 25.3 Å². The van der Waals surface area contributed by atoms with Crippen LogP contribution in [0.4, 0.5) is 5.69 Å². The fraction of sp³-hybridized carbons (Fsp3) is 0.333. The largest absolute Gasteiger partial charge is 0.494 e. The number of anilines is 1. The van der Waals surface area contributed by atoms with Gasteiger partial charge >= 0.3 is 0 Å². The van der Waals surface area contributed by atoms with Crippen LogP contribution in [0.15, 0.2) is 47.5 Å². The summed E-state index contributed by atoms with van der Waals surface area (Å²) in [5.74, 6) is 2.22. The summed E-state index contributed by atoms with van der Waals surface area (Å²) >= 11 is 1.56. The van der Waals surface area contributed by atoms with Gasteiger partial charge in [0.1, 0.15) is 22.9 Å². The Balaban J connectivity index is 1.68. The molecular formula is C21H25N3O4S. The van der Waals surface area contributed by atoms with E-state index < -0.39 is 0 Å². The molecule has 1 heterocycles. The van der Waals surface area contributed by atoms with Crippen molar-refractivity contribution >= 4 is 28.5 Å². The molecule has 0 spiro atoms. The monoisotopic (exact) mass is 415 g/mol. The summed E-state index contributed by atoms with van der Waals surface area (Å²) in [5, 5.41) is 3.38. The quantitative estimate of drug-likeness (QED) is 0.720. The molecule has 1 aliphatic heterocycles. The second-order valence-electron chi connectivity index (χ2n) is 6.72. The number of carbonyl (C=O) groups is 1. The molecule has 1 atom stereocenters. The van der Waals surface area contributed by atoms with Crippen molar-refractivity contribution in [1.82, 2.24) is 0 Å². The first kappa shape index (κ1) is 20.9. The van der Waals surface area contributed by atoms with Crippen LogP contribution >= 0.6 is 11.8 Å². The number of ether oxygens (including phenoxy) is 3. The van der Waals surface area contributed by atoms with E-state index in [4.69, 9.17) is 19.9 Å². The van der Waals surface area contributed by atoms with Crippen molar-refractivity contribution in [2.75, 3.05) is 31.9 Å². The average molecular weight is 416 g/mol. The number of amides is 1. The maximum Gasteiger partial charge on any atom is 0.262 e. The third-order valence-corrected chi connectivity index (χ3v) is 5.51. The summed E-state index contributed by atoms with van der Waals surface area (Å²) in [6.07, 6.45) is 0.885. The molecule has 154 valence electrons. The molecular weight excluding hydrogens is 390 g/mol. The number of benzene rings is 2. The second-order valence-corrected chi connectivity index (χ2v) is 7.84. The van der Waals surface area contributed by atoms with Gasteiger partial charge in [-0.2, -0.15) is 0 Å². The number of nitrogens with zero attached hydrogens (tertiary/aromatic N) is 1. The summed E-state index contributed by atoms with van der Waals surface area (Å²) < 4.78 is 16.3. The SMILES string of the molecule is COc1cccc(OC)c1NC(=O)COc1cccc(C2(C)CCSC(N)=N2)c1. The lowest BCUT2D eigenvalue weighted by Gasteiger charge is -2.30. The lowest BCUT2D eigenvalue weighted by atomic mass is 9.90. The standard InChI is InChI=1S/C21H25N3O4S/c1-21(10-11-29-20(22)24-21)14-6-4-7-15(12-14)28-13-18(25)23-19-16(26-2)8-5-9-17(19)27-3/h4-9,12H,10-11,13H2,1-3H3,(H2,22,24)(H,23,25). The van der Waals surface area contributed by atoms with Crippen LogP contribution in [0.3, 0.4) is 0 Å². The molecule has 2 aromatic carbocycles. The molecule has 0 aromatic heterocycles. The zero-order valence-electron chi connectivity index (χ0n) is 16.7. The minimum absolute atomic E-state index is 0.150. The normalized spacial score (nSPS) is 18.5. The van der Waals surface area contributed by atoms with Gasteiger partial charge in [-0.1, -0.05) is 30.0 Å². The number of rotatable bonds is 7. The Morgan fingerprint density at radius 3 is 2.55 bits per heavy atom. The summed E-state index contributed by atoms with van der Waals surface area (Å²) in [7, 11) is 3.07. The molecule has 7 nitrogen and oxygen atoms in total. The molecule has 0 saturated heterocycles. The minimum atomic E-state index is -0.387. The number of thioether (sulfide) groups is 1. The number of amidine groups is 1. The van der Waals surface area contributed by atoms with Crippen molar-refractivity contribution in [2.45, 2.75) is 18.9 Å². The highest BCUT2D eigenvalue weighted by molar-refractivity contribution is 8.13. The third kappa shape index (κ3) is 4.95. The molecule has 0 aliphatic carbocycles. The highest BCUT2D eigenvalue weighted by Gasteiger charge is 2.29. The third-order valence-electron chi connectivity index (χ3n) is 4.71. The van der Waals surface area contributed by atoms with E-state index in [1.807, 2.05) is 24.3 Å². The van der Waals surface area contributed by atoms with Gasteiger partial charge < -0.3 is 25.3 Å². The highest BCUT2D eigenvalue weighted by atomic mass is 32.2. The van der Waals surface area contributed by atoms with E-state index in [9.17, 15) is 4.79 Å². The number of hydrogen-bond donors (Lipinski definition) is 2. The molecule has 0 radical (unpaired) electrons. The predicted molar refractivity (Wildman–Crippen MR) is 116 cm³/mol. The number of nitrogens with one attached hydrogen (secondary N) is 1. The van der Waals surface area contributed by atoms with Gasteiger partial charge in [-0.05, 0) is 43.2 Å². The number of nitrogens with two attached hydrogens (primary N) is 1. The number of methoxy groups -OCH3 is 2. The van der Waals surface area contributed by atoms with Crippen molar-refractivity contribution in [3.63, 3.8) is 0 Å². The Morgan fingerprint density at radius 1 is 1.21 bits per heavy atom. The van der Waals surface area contributed by atoms with E-state index in [-0.39, 0.29) is 18.1 Å². The minimum Gasteiger partial charge on any atom is -0.494 e. The Bertz CT molecular complexity index is 896. The Morgan fingerprint density at radius 2 is 1.90 bits per heavy atom. The molecule has 0 bridgehead atoms. The first-order valence-electron chi connectivity index (χ1n) is 9.17. The predicted octanol–water partition coefficient (Wildman–Crippen LogP) is 3.39. The van der Waals surface area contributed by atoms with Gasteiger partial charge in [0, 0.05) is 5.75 Å². The van der Waals surface area contributed by atoms with E-state index in [1.54, 1.807) is 30.0 Å². The Hall–Kier alpha value is -2.87. The number of para-hydroxylation sites is 1. The van der Waals surface area contributed by atoms with Crippen LogP contribution in [-0.4, -0.2) is 37.7 Å². The van der Waals surface area contributed by atoms with Crippen molar-refractivity contribution in [2.24, 2.45) is 10.7 Å². The van der Waals surface area contributed by atoms with E-state index in [2.05, 4.69) is 17.2 Å². The van der Waals surface area contributed by atoms with Crippen molar-refractivity contribution in [3.8, 4) is 17.2 Å². The lowest BCUT2D eigenvalue weighted by Crippen LogP contribution is -2.28. The van der Waals surface area contributed by atoms with Crippen molar-refractivity contribution in [3.05, 3.63) is 48.0 Å². The molecule has 3 N–H and O–H groups in total. The summed E-state index contributed by atoms with van der Waals surface area (Å²) in [5.41, 5.74) is 7.00. The van der Waals surface area contributed by atoms with Crippen LogP contribution in [0.1, 0.15) is 18.9 Å². The maximum absolute atomic E-state index is 12.4. The molecule has 0 saturated carbocycles. The fourth-order valence-corrected chi connectivity index (χ4v) is 4.09. The molecule has 8 heteroatoms. The zero-order chi connectivity index (χ0) is 20.9. The first-order valence-corrected chi connectivity index (χ1v) is 10.2. The topological polar surface area (TPSA) is 95.2 Å². The molecule has 29 heavy (non-hydrogen) atoms. The number of hydrogen-bond acceptors (Lipinski definition) is 7. The molecule has 1 aliphatic rings. The van der Waals surface area contributed by atoms with Crippen molar-refractivity contribution < 1.29 is 19.0 Å². The van der Waals surface area contributed by atoms with Gasteiger partial charge in [-0.25, -0.2) is 0 Å². The second kappa shape index (κ2) is 9.09. The molecule has 0 fully saturated rings. The van der Waals surface area contributed by atoms with Gasteiger partial charge in [-0.3, -0.25) is 9.79 Å². The van der Waals surface area contributed by atoms with E-state index >= 15 is 0 Å². The summed E-state index contributed by atoms with van der Waals surface area (Å²) in [6, 6.07) is 12.9. The van der Waals surface area contributed by atoms with Crippen LogP contribution in [-0.2, 0) is 10.3 Å². The van der Waals surface area contributed by atoms with Gasteiger partial charge in [0.25, 0.3) is 5.91 Å². The van der Waals surface area contributed by atoms with Gasteiger partial charge in [0.05, 0.1) is 19.8 Å². The fourth-order valence-electron chi connectivity index (χ4n) is 3.11. The summed E-state index contributed by atoms with van der Waals surface area (Å²) in [6.45, 7) is 1.90. The van der Waals surface area contributed by atoms with E-state index in [0.29, 0.717) is 28.1 Å². The van der Waals surface area contributed by atoms with Gasteiger partial charge in [0.2, 0.25) is 0 Å². The lowest BCUT2D eigenvalue weighted by molar-refractivity contribution is -0.118. The first-order chi connectivity index (χ1) is 13.9. The Labute approximate surface area is 174 Å². The molecule has 3 rings (SSSR count). The van der Waals surface area contributed by atoms with Gasteiger partial charge in [0.15, 0.2) is 11.8 Å². The van der Waals surface area contributed by atoms with Crippen LogP contribution in [0, 0.1) is 0 Å². The highest BCUT2D eigenvalue weighted by Crippen LogP contribution is 2.36. The number of carbonyl (C=O) groups excluding carboxylic acids is 1. The van der Waals surface area contributed by atoms with Gasteiger partial charge in [-0.15, -0.1) is 0 Å². The summed E-state index contributed by atoms with van der Waals surface area (Å²) in [4.78, 5) is 17.0. The van der Waals surface area contributed by atoms with Crippen LogP contribution in [0.5, 0.6) is 17.2 Å². The van der Waals surface area contributed by atoms with Crippen molar-refractivity contribution in [1.29, 1.82) is 0 Å². The molecule has 2 aromatic rings. The van der Waals surface area contributed by atoms with E-state index in [0.717, 1.165) is 17.7 Å². The molecule has 1 unspecified atom stereocenters. The smallest absolute Gasteiger partial charge is 0.262 e. The van der Waals surface area contributed by atoms with E-state index in [1.165, 1.54) is 14.2 Å². The van der Waals surface area contributed by atoms with Crippen LogP contribution in [0.2, 0.25) is 0 Å². The zero-order valence-corrected chi connectivity index (χ0v) is 17.5. The van der Waals surface area contributed by atoms with Crippen LogP contribution in [0.25, 0.3) is 0 Å².